The van der Waals surface area contributed by atoms with Crippen molar-refractivity contribution < 1.29 is 19.4 Å². The third-order valence-corrected chi connectivity index (χ3v) is 3.75. The predicted octanol–water partition coefficient (Wildman–Crippen LogP) is 1.95. The number of aromatic nitrogens is 3. The number of benzene rings is 2. The molecule has 0 bridgehead atoms. The van der Waals surface area contributed by atoms with Gasteiger partial charge in [-0.3, -0.25) is 0 Å². The van der Waals surface area contributed by atoms with E-state index in [-0.39, 0.29) is 5.56 Å². The quantitative estimate of drug-likeness (QED) is 0.795. The number of carboxylic acids is 1. The van der Waals surface area contributed by atoms with E-state index >= 15 is 0 Å². The number of carbonyl (C=O) groups is 1. The Balaban J connectivity index is 1.77. The van der Waals surface area contributed by atoms with Gasteiger partial charge in [0.15, 0.2) is 11.5 Å². The minimum absolute atomic E-state index is 0.258. The van der Waals surface area contributed by atoms with Crippen LogP contribution in [-0.2, 0) is 6.54 Å². The van der Waals surface area contributed by atoms with Gasteiger partial charge in [0, 0.05) is 12.1 Å². The van der Waals surface area contributed by atoms with E-state index < -0.39 is 5.97 Å². The Labute approximate surface area is 131 Å². The Hall–Kier alpha value is -3.09. The molecule has 4 rings (SSSR count). The molecule has 1 aliphatic heterocycles. The van der Waals surface area contributed by atoms with Crippen LogP contribution in [0, 0.1) is 0 Å². The molecule has 116 valence electrons. The van der Waals surface area contributed by atoms with Gasteiger partial charge in [-0.15, -0.1) is 5.10 Å². The molecule has 0 unspecified atom stereocenters. The Morgan fingerprint density at radius 3 is 2.70 bits per heavy atom. The Morgan fingerprint density at radius 2 is 1.91 bits per heavy atom. The SMILES string of the molecule is O=C(O)c1ccccc1Cn1nnc2cc3c(cc21)OCCO3. The lowest BCUT2D eigenvalue weighted by atomic mass is 10.1. The van der Waals surface area contributed by atoms with Crippen molar-refractivity contribution in [2.24, 2.45) is 0 Å². The average molecular weight is 311 g/mol. The fourth-order valence-electron chi connectivity index (χ4n) is 2.65. The van der Waals surface area contributed by atoms with E-state index in [0.29, 0.717) is 42.3 Å². The van der Waals surface area contributed by atoms with Gasteiger partial charge >= 0.3 is 5.97 Å². The first-order chi connectivity index (χ1) is 11.2. The molecule has 2 aromatic carbocycles. The van der Waals surface area contributed by atoms with Crippen LogP contribution in [0.3, 0.4) is 0 Å². The van der Waals surface area contributed by atoms with Crippen LogP contribution >= 0.6 is 0 Å². The highest BCUT2D eigenvalue weighted by Gasteiger charge is 2.17. The van der Waals surface area contributed by atoms with Gasteiger partial charge in [-0.05, 0) is 11.6 Å². The normalized spacial score (nSPS) is 13.2. The molecule has 0 aliphatic carbocycles. The zero-order valence-corrected chi connectivity index (χ0v) is 12.1. The van der Waals surface area contributed by atoms with Crippen molar-refractivity contribution in [2.45, 2.75) is 6.54 Å². The molecule has 0 saturated heterocycles. The highest BCUT2D eigenvalue weighted by molar-refractivity contribution is 5.89. The molecule has 23 heavy (non-hydrogen) atoms. The highest BCUT2D eigenvalue weighted by Crippen LogP contribution is 2.33. The Bertz CT molecular complexity index is 903. The van der Waals surface area contributed by atoms with Crippen LogP contribution < -0.4 is 9.47 Å². The van der Waals surface area contributed by atoms with Crippen LogP contribution in [0.1, 0.15) is 15.9 Å². The van der Waals surface area contributed by atoms with Crippen molar-refractivity contribution in [2.75, 3.05) is 13.2 Å². The zero-order chi connectivity index (χ0) is 15.8. The monoisotopic (exact) mass is 311 g/mol. The summed E-state index contributed by atoms with van der Waals surface area (Å²) in [4.78, 5) is 11.3. The van der Waals surface area contributed by atoms with E-state index in [4.69, 9.17) is 9.47 Å². The molecule has 1 aliphatic rings. The smallest absolute Gasteiger partial charge is 0.336 e. The number of rotatable bonds is 3. The molecule has 3 aromatic rings. The second-order valence-electron chi connectivity index (χ2n) is 5.19. The fourth-order valence-corrected chi connectivity index (χ4v) is 2.65. The van der Waals surface area contributed by atoms with Crippen LogP contribution in [0.2, 0.25) is 0 Å². The maximum atomic E-state index is 11.3. The molecule has 0 radical (unpaired) electrons. The third kappa shape index (κ3) is 2.36. The maximum Gasteiger partial charge on any atom is 0.336 e. The van der Waals surface area contributed by atoms with Gasteiger partial charge in [-0.2, -0.15) is 0 Å². The van der Waals surface area contributed by atoms with E-state index in [9.17, 15) is 9.90 Å². The number of carboxylic acid groups (broad SMARTS) is 1. The molecule has 0 fully saturated rings. The fraction of sp³-hybridized carbons (Fsp3) is 0.188. The second-order valence-corrected chi connectivity index (χ2v) is 5.19. The van der Waals surface area contributed by atoms with Crippen molar-refractivity contribution in [1.82, 2.24) is 15.0 Å². The third-order valence-electron chi connectivity index (χ3n) is 3.75. The summed E-state index contributed by atoms with van der Waals surface area (Å²) in [5.41, 5.74) is 2.38. The van der Waals surface area contributed by atoms with E-state index in [1.54, 1.807) is 35.0 Å². The van der Waals surface area contributed by atoms with Crippen molar-refractivity contribution in [1.29, 1.82) is 0 Å². The number of hydrogen-bond acceptors (Lipinski definition) is 5. The lowest BCUT2D eigenvalue weighted by Crippen LogP contribution is -2.15. The van der Waals surface area contributed by atoms with Gasteiger partial charge in [0.2, 0.25) is 0 Å². The minimum Gasteiger partial charge on any atom is -0.486 e. The standard InChI is InChI=1S/C16H13N3O4/c20-16(21)11-4-2-1-3-10(11)9-19-13-8-15-14(22-5-6-23-15)7-12(13)17-18-19/h1-4,7-8H,5-6,9H2,(H,20,21). The van der Waals surface area contributed by atoms with Crippen LogP contribution in [0.4, 0.5) is 0 Å². The van der Waals surface area contributed by atoms with E-state index in [1.165, 1.54) is 0 Å². The molecule has 7 heteroatoms. The van der Waals surface area contributed by atoms with Crippen LogP contribution in [0.5, 0.6) is 11.5 Å². The van der Waals surface area contributed by atoms with E-state index in [1.807, 2.05) is 6.07 Å². The van der Waals surface area contributed by atoms with Crippen molar-refractivity contribution in [3.8, 4) is 11.5 Å². The lowest BCUT2D eigenvalue weighted by Gasteiger charge is -2.18. The molecule has 1 N–H and O–H groups in total. The van der Waals surface area contributed by atoms with Gasteiger partial charge in [0.05, 0.1) is 17.6 Å². The number of aromatic carboxylic acids is 1. The van der Waals surface area contributed by atoms with Crippen LogP contribution in [-0.4, -0.2) is 39.3 Å². The largest absolute Gasteiger partial charge is 0.486 e. The van der Waals surface area contributed by atoms with E-state index in [0.717, 1.165) is 5.52 Å². The zero-order valence-electron chi connectivity index (χ0n) is 12.1. The number of hydrogen-bond donors (Lipinski definition) is 1. The molecule has 1 aromatic heterocycles. The maximum absolute atomic E-state index is 11.3. The number of fused-ring (bicyclic) bond motifs is 2. The topological polar surface area (TPSA) is 86.5 Å². The summed E-state index contributed by atoms with van der Waals surface area (Å²) in [6.07, 6.45) is 0. The first-order valence-corrected chi connectivity index (χ1v) is 7.16. The molecular weight excluding hydrogens is 298 g/mol. The van der Waals surface area contributed by atoms with Gasteiger partial charge in [-0.1, -0.05) is 23.4 Å². The summed E-state index contributed by atoms with van der Waals surface area (Å²) in [5, 5.41) is 17.5. The summed E-state index contributed by atoms with van der Waals surface area (Å²) in [6.45, 7) is 1.33. The molecule has 0 atom stereocenters. The highest BCUT2D eigenvalue weighted by atomic mass is 16.6. The molecule has 0 saturated carbocycles. The molecule has 7 nitrogen and oxygen atoms in total. The predicted molar refractivity (Wildman–Crippen MR) is 81.0 cm³/mol. The molecular formula is C16H13N3O4. The lowest BCUT2D eigenvalue weighted by molar-refractivity contribution is 0.0695. The van der Waals surface area contributed by atoms with E-state index in [2.05, 4.69) is 10.3 Å². The minimum atomic E-state index is -0.959. The van der Waals surface area contributed by atoms with Crippen LogP contribution in [0.15, 0.2) is 36.4 Å². The molecule has 2 heterocycles. The first kappa shape index (κ1) is 13.6. The summed E-state index contributed by atoms with van der Waals surface area (Å²) in [5.74, 6) is 0.347. The summed E-state index contributed by atoms with van der Waals surface area (Å²) in [6, 6.07) is 10.5. The van der Waals surface area contributed by atoms with Gasteiger partial charge in [0.25, 0.3) is 0 Å². The Kier molecular flexibility index (Phi) is 3.11. The summed E-state index contributed by atoms with van der Waals surface area (Å²) in [7, 11) is 0. The second kappa shape index (κ2) is 5.28. The number of nitrogens with zero attached hydrogens (tertiary/aromatic N) is 3. The van der Waals surface area contributed by atoms with Crippen LogP contribution in [0.25, 0.3) is 11.0 Å². The average Bonchev–Trinajstić information content (AvgIpc) is 2.95. The first-order valence-electron chi connectivity index (χ1n) is 7.16. The van der Waals surface area contributed by atoms with Gasteiger partial charge in [0.1, 0.15) is 18.7 Å². The summed E-state index contributed by atoms with van der Waals surface area (Å²) >= 11 is 0. The number of ether oxygens (including phenoxy) is 2. The van der Waals surface area contributed by atoms with Gasteiger partial charge < -0.3 is 14.6 Å². The van der Waals surface area contributed by atoms with Crippen molar-refractivity contribution in [3.63, 3.8) is 0 Å². The summed E-state index contributed by atoms with van der Waals surface area (Å²) < 4.78 is 12.8. The Morgan fingerprint density at radius 1 is 1.17 bits per heavy atom. The molecule has 0 spiro atoms. The van der Waals surface area contributed by atoms with Crippen molar-refractivity contribution in [3.05, 3.63) is 47.5 Å². The molecule has 0 amide bonds. The van der Waals surface area contributed by atoms with Crippen molar-refractivity contribution >= 4 is 17.0 Å². The van der Waals surface area contributed by atoms with Gasteiger partial charge in [-0.25, -0.2) is 9.48 Å².